The van der Waals surface area contributed by atoms with Gasteiger partial charge in [-0.25, -0.2) is 17.9 Å². The predicted octanol–water partition coefficient (Wildman–Crippen LogP) is 3.18. The number of rotatable bonds is 6. The number of carbonyl (C=O) groups is 2. The lowest BCUT2D eigenvalue weighted by molar-refractivity contribution is 0.102. The Hall–Kier alpha value is -2.33. The Morgan fingerprint density at radius 3 is 2.25 bits per heavy atom. The SMILES string of the molecule is NC(=O)Nc1cccc(NC(=O)c2cc(S(=O)(=O)NC3CC3)c(Cl)cc2Cl)c1. The fraction of sp³-hybridized carbons (Fsp3) is 0.176. The van der Waals surface area contributed by atoms with Crippen LogP contribution in [-0.4, -0.2) is 26.4 Å². The molecule has 1 fully saturated rings. The minimum atomic E-state index is -3.88. The lowest BCUT2D eigenvalue weighted by Gasteiger charge is -2.12. The van der Waals surface area contributed by atoms with E-state index in [2.05, 4.69) is 15.4 Å². The highest BCUT2D eigenvalue weighted by Crippen LogP contribution is 2.31. The van der Waals surface area contributed by atoms with Gasteiger partial charge >= 0.3 is 6.03 Å². The molecule has 2 aromatic carbocycles. The molecule has 148 valence electrons. The predicted molar refractivity (Wildman–Crippen MR) is 107 cm³/mol. The maximum absolute atomic E-state index is 12.6. The molecule has 0 bridgehead atoms. The zero-order chi connectivity index (χ0) is 20.5. The number of sulfonamides is 1. The number of urea groups is 1. The van der Waals surface area contributed by atoms with E-state index in [1.165, 1.54) is 12.1 Å². The second-order valence-electron chi connectivity index (χ2n) is 6.18. The average molecular weight is 443 g/mol. The van der Waals surface area contributed by atoms with Crippen molar-refractivity contribution < 1.29 is 18.0 Å². The molecule has 0 spiro atoms. The van der Waals surface area contributed by atoms with Gasteiger partial charge in [-0.05, 0) is 43.2 Å². The smallest absolute Gasteiger partial charge is 0.316 e. The first kappa shape index (κ1) is 20.4. The quantitative estimate of drug-likeness (QED) is 0.546. The average Bonchev–Trinajstić information content (AvgIpc) is 3.37. The molecule has 0 aromatic heterocycles. The number of amides is 3. The number of hydrogen-bond donors (Lipinski definition) is 4. The Morgan fingerprint density at radius 2 is 1.64 bits per heavy atom. The molecular weight excluding hydrogens is 427 g/mol. The topological polar surface area (TPSA) is 130 Å². The second kappa shape index (κ2) is 7.96. The molecule has 0 aliphatic heterocycles. The van der Waals surface area contributed by atoms with Gasteiger partial charge in [0.25, 0.3) is 5.91 Å². The number of carbonyl (C=O) groups excluding carboxylic acids is 2. The Balaban J connectivity index is 1.87. The van der Waals surface area contributed by atoms with Crippen LogP contribution < -0.4 is 21.1 Å². The summed E-state index contributed by atoms with van der Waals surface area (Å²) in [6.45, 7) is 0. The summed E-state index contributed by atoms with van der Waals surface area (Å²) in [4.78, 5) is 23.3. The summed E-state index contributed by atoms with van der Waals surface area (Å²) in [7, 11) is -3.88. The number of nitrogens with two attached hydrogens (primary N) is 1. The van der Waals surface area contributed by atoms with Crippen molar-refractivity contribution in [1.82, 2.24) is 4.72 Å². The Bertz CT molecular complexity index is 1060. The van der Waals surface area contributed by atoms with Gasteiger partial charge in [0, 0.05) is 17.4 Å². The zero-order valence-electron chi connectivity index (χ0n) is 14.3. The van der Waals surface area contributed by atoms with E-state index in [0.717, 1.165) is 18.9 Å². The first-order valence-corrected chi connectivity index (χ1v) is 10.4. The standard InChI is InChI=1S/C17H16Cl2N4O4S/c18-13-8-14(19)15(28(26,27)23-9-4-5-9)7-12(13)16(24)21-10-2-1-3-11(6-10)22-17(20)25/h1-3,6-9,23H,4-5H2,(H,21,24)(H3,20,22,25). The highest BCUT2D eigenvalue weighted by molar-refractivity contribution is 7.89. The fourth-order valence-corrected chi connectivity index (χ4v) is 4.57. The van der Waals surface area contributed by atoms with Gasteiger partial charge in [0.15, 0.2) is 0 Å². The molecule has 0 radical (unpaired) electrons. The van der Waals surface area contributed by atoms with Crippen LogP contribution >= 0.6 is 23.2 Å². The lowest BCUT2D eigenvalue weighted by Crippen LogP contribution is -2.26. The van der Waals surface area contributed by atoms with Crippen molar-refractivity contribution in [2.75, 3.05) is 10.6 Å². The van der Waals surface area contributed by atoms with Crippen LogP contribution in [0.15, 0.2) is 41.3 Å². The molecule has 3 amide bonds. The van der Waals surface area contributed by atoms with Gasteiger partial charge in [0.05, 0.1) is 15.6 Å². The molecular formula is C17H16Cl2N4O4S. The van der Waals surface area contributed by atoms with Crippen LogP contribution in [0.5, 0.6) is 0 Å². The van der Waals surface area contributed by atoms with Gasteiger partial charge < -0.3 is 16.4 Å². The van der Waals surface area contributed by atoms with E-state index in [1.807, 2.05) is 0 Å². The van der Waals surface area contributed by atoms with Crippen LogP contribution in [0.4, 0.5) is 16.2 Å². The van der Waals surface area contributed by atoms with Gasteiger partial charge in [0.1, 0.15) is 4.90 Å². The minimum Gasteiger partial charge on any atom is -0.351 e. The summed E-state index contributed by atoms with van der Waals surface area (Å²) < 4.78 is 27.5. The number of nitrogens with one attached hydrogen (secondary N) is 3. The van der Waals surface area contributed by atoms with Gasteiger partial charge in [-0.2, -0.15) is 0 Å². The third kappa shape index (κ3) is 4.93. The van der Waals surface area contributed by atoms with E-state index < -0.39 is 22.0 Å². The number of halogens is 2. The first-order chi connectivity index (χ1) is 13.2. The van der Waals surface area contributed by atoms with Crippen molar-refractivity contribution in [3.05, 3.63) is 52.0 Å². The molecule has 1 aliphatic rings. The molecule has 3 rings (SSSR count). The normalized spacial score (nSPS) is 13.8. The van der Waals surface area contributed by atoms with Gasteiger partial charge in [-0.1, -0.05) is 29.3 Å². The zero-order valence-corrected chi connectivity index (χ0v) is 16.7. The summed E-state index contributed by atoms with van der Waals surface area (Å²) in [6, 6.07) is 7.74. The van der Waals surface area contributed by atoms with Gasteiger partial charge in [-0.15, -0.1) is 0 Å². The molecule has 1 aliphatic carbocycles. The number of hydrogen-bond acceptors (Lipinski definition) is 4. The fourth-order valence-electron chi connectivity index (χ4n) is 2.41. The summed E-state index contributed by atoms with van der Waals surface area (Å²) in [5, 5.41) is 4.89. The number of benzene rings is 2. The Kier molecular flexibility index (Phi) is 5.80. The van der Waals surface area contributed by atoms with Crippen molar-refractivity contribution in [3.63, 3.8) is 0 Å². The molecule has 28 heavy (non-hydrogen) atoms. The third-order valence-corrected chi connectivity index (χ3v) is 6.14. The van der Waals surface area contributed by atoms with Crippen LogP contribution in [0.1, 0.15) is 23.2 Å². The van der Waals surface area contributed by atoms with Crippen molar-refractivity contribution in [2.45, 2.75) is 23.8 Å². The molecule has 11 heteroatoms. The molecule has 2 aromatic rings. The maximum Gasteiger partial charge on any atom is 0.316 e. The largest absolute Gasteiger partial charge is 0.351 e. The summed E-state index contributed by atoms with van der Waals surface area (Å²) in [5.41, 5.74) is 5.74. The van der Waals surface area contributed by atoms with Crippen molar-refractivity contribution in [3.8, 4) is 0 Å². The minimum absolute atomic E-state index is 0.000660. The maximum atomic E-state index is 12.6. The van der Waals surface area contributed by atoms with E-state index in [0.29, 0.717) is 11.4 Å². The number of primary amides is 1. The van der Waals surface area contributed by atoms with Crippen LogP contribution in [0, 0.1) is 0 Å². The van der Waals surface area contributed by atoms with E-state index in [4.69, 9.17) is 28.9 Å². The molecule has 0 unspecified atom stereocenters. The number of anilines is 2. The van der Waals surface area contributed by atoms with Crippen LogP contribution in [-0.2, 0) is 10.0 Å². The Morgan fingerprint density at radius 1 is 1.00 bits per heavy atom. The first-order valence-electron chi connectivity index (χ1n) is 8.15. The molecule has 0 saturated heterocycles. The van der Waals surface area contributed by atoms with Crippen LogP contribution in [0.3, 0.4) is 0 Å². The second-order valence-corrected chi connectivity index (χ2v) is 8.68. The summed E-state index contributed by atoms with van der Waals surface area (Å²) in [6.07, 6.45) is 1.51. The monoisotopic (exact) mass is 442 g/mol. The van der Waals surface area contributed by atoms with Crippen LogP contribution in [0.25, 0.3) is 0 Å². The van der Waals surface area contributed by atoms with Crippen LogP contribution in [0.2, 0.25) is 10.0 Å². The van der Waals surface area contributed by atoms with E-state index >= 15 is 0 Å². The molecule has 1 saturated carbocycles. The lowest BCUT2D eigenvalue weighted by atomic mass is 10.2. The molecule has 8 nitrogen and oxygen atoms in total. The van der Waals surface area contributed by atoms with Crippen molar-refractivity contribution >= 4 is 56.5 Å². The molecule has 0 atom stereocenters. The summed E-state index contributed by atoms with van der Waals surface area (Å²) in [5.74, 6) is -0.638. The van der Waals surface area contributed by atoms with E-state index in [9.17, 15) is 18.0 Å². The van der Waals surface area contributed by atoms with Crippen molar-refractivity contribution in [2.24, 2.45) is 5.73 Å². The van der Waals surface area contributed by atoms with E-state index in [1.54, 1.807) is 18.2 Å². The highest BCUT2D eigenvalue weighted by Gasteiger charge is 2.30. The summed E-state index contributed by atoms with van der Waals surface area (Å²) >= 11 is 12.1. The highest BCUT2D eigenvalue weighted by atomic mass is 35.5. The van der Waals surface area contributed by atoms with Gasteiger partial charge in [0.2, 0.25) is 10.0 Å². The molecule has 5 N–H and O–H groups in total. The Labute approximate surface area is 171 Å². The molecule has 0 heterocycles. The van der Waals surface area contributed by atoms with E-state index in [-0.39, 0.29) is 26.5 Å². The van der Waals surface area contributed by atoms with Crippen molar-refractivity contribution in [1.29, 1.82) is 0 Å². The third-order valence-electron chi connectivity index (χ3n) is 3.84. The van der Waals surface area contributed by atoms with Gasteiger partial charge in [-0.3, -0.25) is 4.79 Å².